The zero-order chi connectivity index (χ0) is 15.2. The van der Waals surface area contributed by atoms with Crippen molar-refractivity contribution in [2.24, 2.45) is 0 Å². The van der Waals surface area contributed by atoms with Crippen LogP contribution in [0.4, 0.5) is 0 Å². The number of hydrogen-bond donors (Lipinski definition) is 1. The molecule has 0 fully saturated rings. The normalized spacial score (nSPS) is 12.3. The molecule has 0 aliphatic carbocycles. The highest BCUT2D eigenvalue weighted by Gasteiger charge is 2.14. The van der Waals surface area contributed by atoms with Crippen molar-refractivity contribution in [2.75, 3.05) is 13.2 Å². The molecular weight excluding hydrogens is 326 g/mol. The fraction of sp³-hybridized carbons (Fsp3) is 0.333. The highest BCUT2D eigenvalue weighted by Crippen LogP contribution is 2.34. The lowest BCUT2D eigenvalue weighted by molar-refractivity contribution is 0.356. The number of ether oxygens (including phenoxy) is 1. The molecule has 0 heterocycles. The molecule has 0 bridgehead atoms. The summed E-state index contributed by atoms with van der Waals surface area (Å²) in [7, 11) is 0. The van der Waals surface area contributed by atoms with Crippen LogP contribution < -0.4 is 10.1 Å². The molecule has 0 saturated heterocycles. The van der Waals surface area contributed by atoms with Crippen LogP contribution in [0.5, 0.6) is 5.75 Å². The molecule has 0 aromatic heterocycles. The first-order valence-corrected chi connectivity index (χ1v) is 8.14. The van der Waals surface area contributed by atoms with Crippen LogP contribution in [-0.4, -0.2) is 13.2 Å². The van der Waals surface area contributed by atoms with Gasteiger partial charge < -0.3 is 10.1 Å². The summed E-state index contributed by atoms with van der Waals surface area (Å²) in [5.74, 6) is 0.949. The van der Waals surface area contributed by atoms with Crippen molar-refractivity contribution in [3.8, 4) is 5.75 Å². The summed E-state index contributed by atoms with van der Waals surface area (Å²) < 4.78 is 6.87. The first kappa shape index (κ1) is 16.1. The van der Waals surface area contributed by atoms with Crippen LogP contribution in [0.3, 0.4) is 0 Å². The monoisotopic (exact) mass is 347 g/mol. The van der Waals surface area contributed by atoms with Crippen molar-refractivity contribution >= 4 is 26.7 Å². The van der Waals surface area contributed by atoms with Gasteiger partial charge in [-0.05, 0) is 25.3 Å². The molecule has 1 atom stereocenters. The fourth-order valence-corrected chi connectivity index (χ4v) is 2.50. The highest BCUT2D eigenvalue weighted by molar-refractivity contribution is 9.11. The Morgan fingerprint density at radius 2 is 2.05 bits per heavy atom. The van der Waals surface area contributed by atoms with Gasteiger partial charge in [-0.15, -0.1) is 0 Å². The maximum atomic E-state index is 6.03. The van der Waals surface area contributed by atoms with Crippen LogP contribution in [0.25, 0.3) is 10.8 Å². The summed E-state index contributed by atoms with van der Waals surface area (Å²) in [5, 5.41) is 5.87. The second-order valence-electron chi connectivity index (χ2n) is 5.19. The standard InChI is InChI=1S/C18H22BrNO/c1-4-11-20-14(3)16-10-9-15-7-5-6-8-17(15)18(16)21-12-13(2)19/h5-10,14,20H,2,4,11-12H2,1,3H3. The maximum Gasteiger partial charge on any atom is 0.132 e. The molecule has 0 saturated carbocycles. The van der Waals surface area contributed by atoms with E-state index in [0.29, 0.717) is 6.61 Å². The third-order valence-electron chi connectivity index (χ3n) is 3.45. The highest BCUT2D eigenvalue weighted by atomic mass is 79.9. The molecule has 0 aliphatic heterocycles. The molecule has 21 heavy (non-hydrogen) atoms. The van der Waals surface area contributed by atoms with Crippen molar-refractivity contribution in [3.05, 3.63) is 53.0 Å². The third kappa shape index (κ3) is 4.08. The van der Waals surface area contributed by atoms with Gasteiger partial charge in [0.15, 0.2) is 0 Å². The topological polar surface area (TPSA) is 21.3 Å². The molecule has 112 valence electrons. The lowest BCUT2D eigenvalue weighted by Gasteiger charge is -2.20. The van der Waals surface area contributed by atoms with E-state index in [1.54, 1.807) is 0 Å². The van der Waals surface area contributed by atoms with Gasteiger partial charge in [0.25, 0.3) is 0 Å². The molecule has 2 nitrogen and oxygen atoms in total. The van der Waals surface area contributed by atoms with E-state index in [1.807, 2.05) is 12.1 Å². The lowest BCUT2D eigenvalue weighted by Crippen LogP contribution is -2.20. The SMILES string of the molecule is C=C(Br)COc1c(C(C)NCCC)ccc2ccccc12. The fourth-order valence-electron chi connectivity index (χ4n) is 2.38. The quantitative estimate of drug-likeness (QED) is 0.744. The Labute approximate surface area is 135 Å². The van der Waals surface area contributed by atoms with E-state index >= 15 is 0 Å². The van der Waals surface area contributed by atoms with Gasteiger partial charge in [0, 0.05) is 21.5 Å². The van der Waals surface area contributed by atoms with Crippen molar-refractivity contribution in [2.45, 2.75) is 26.3 Å². The van der Waals surface area contributed by atoms with E-state index in [-0.39, 0.29) is 6.04 Å². The molecule has 2 aromatic carbocycles. The van der Waals surface area contributed by atoms with Crippen molar-refractivity contribution in [3.63, 3.8) is 0 Å². The van der Waals surface area contributed by atoms with Gasteiger partial charge in [-0.25, -0.2) is 0 Å². The van der Waals surface area contributed by atoms with Crippen LogP contribution in [0, 0.1) is 0 Å². The number of nitrogens with one attached hydrogen (secondary N) is 1. The average Bonchev–Trinajstić information content (AvgIpc) is 2.49. The Hall–Kier alpha value is -1.32. The predicted molar refractivity (Wildman–Crippen MR) is 94.2 cm³/mol. The van der Waals surface area contributed by atoms with Crippen LogP contribution in [0.1, 0.15) is 31.9 Å². The van der Waals surface area contributed by atoms with Crippen molar-refractivity contribution in [1.29, 1.82) is 0 Å². The second-order valence-corrected chi connectivity index (χ2v) is 6.31. The summed E-state index contributed by atoms with van der Waals surface area (Å²) in [6, 6.07) is 12.9. The predicted octanol–water partition coefficient (Wildman–Crippen LogP) is 5.19. The van der Waals surface area contributed by atoms with E-state index in [1.165, 1.54) is 10.9 Å². The van der Waals surface area contributed by atoms with Gasteiger partial charge in [0.05, 0.1) is 0 Å². The molecule has 3 heteroatoms. The summed E-state index contributed by atoms with van der Waals surface area (Å²) in [5.41, 5.74) is 1.19. The number of halogens is 1. The van der Waals surface area contributed by atoms with E-state index in [9.17, 15) is 0 Å². The van der Waals surface area contributed by atoms with E-state index in [2.05, 4.69) is 65.9 Å². The zero-order valence-corrected chi connectivity index (χ0v) is 14.2. The zero-order valence-electron chi connectivity index (χ0n) is 12.7. The molecule has 0 aliphatic rings. The number of rotatable bonds is 7. The minimum atomic E-state index is 0.258. The Bertz CT molecular complexity index is 624. The largest absolute Gasteiger partial charge is 0.487 e. The summed E-state index contributed by atoms with van der Waals surface area (Å²) in [6.07, 6.45) is 1.12. The Morgan fingerprint density at radius 1 is 1.29 bits per heavy atom. The third-order valence-corrected chi connectivity index (χ3v) is 3.68. The van der Waals surface area contributed by atoms with Gasteiger partial charge in [-0.1, -0.05) is 65.8 Å². The number of fused-ring (bicyclic) bond motifs is 1. The Balaban J connectivity index is 2.42. The molecule has 1 unspecified atom stereocenters. The molecule has 1 N–H and O–H groups in total. The maximum absolute atomic E-state index is 6.03. The lowest BCUT2D eigenvalue weighted by atomic mass is 10.0. The van der Waals surface area contributed by atoms with Gasteiger partial charge >= 0.3 is 0 Å². The van der Waals surface area contributed by atoms with E-state index in [0.717, 1.165) is 28.6 Å². The van der Waals surface area contributed by atoms with Crippen molar-refractivity contribution < 1.29 is 4.74 Å². The molecule has 0 spiro atoms. The minimum Gasteiger partial charge on any atom is -0.487 e. The van der Waals surface area contributed by atoms with Crippen LogP contribution in [0.15, 0.2) is 47.5 Å². The average molecular weight is 348 g/mol. The van der Waals surface area contributed by atoms with E-state index < -0.39 is 0 Å². The van der Waals surface area contributed by atoms with Gasteiger partial charge in [-0.2, -0.15) is 0 Å². The molecule has 2 rings (SSSR count). The molecular formula is C18H22BrNO. The smallest absolute Gasteiger partial charge is 0.132 e. The second kappa shape index (κ2) is 7.62. The van der Waals surface area contributed by atoms with Crippen molar-refractivity contribution in [1.82, 2.24) is 5.32 Å². The molecule has 2 aromatic rings. The number of hydrogen-bond acceptors (Lipinski definition) is 2. The van der Waals surface area contributed by atoms with Crippen LogP contribution >= 0.6 is 15.9 Å². The van der Waals surface area contributed by atoms with E-state index in [4.69, 9.17) is 4.74 Å². The summed E-state index contributed by atoms with van der Waals surface area (Å²) in [6.45, 7) is 9.67. The van der Waals surface area contributed by atoms with Crippen LogP contribution in [0.2, 0.25) is 0 Å². The minimum absolute atomic E-state index is 0.258. The van der Waals surface area contributed by atoms with Gasteiger partial charge in [0.1, 0.15) is 12.4 Å². The molecule has 0 radical (unpaired) electrons. The summed E-state index contributed by atoms with van der Waals surface area (Å²) in [4.78, 5) is 0. The molecule has 0 amide bonds. The van der Waals surface area contributed by atoms with Gasteiger partial charge in [-0.3, -0.25) is 0 Å². The summed E-state index contributed by atoms with van der Waals surface area (Å²) >= 11 is 3.36. The number of benzene rings is 2. The Morgan fingerprint density at radius 3 is 2.76 bits per heavy atom. The van der Waals surface area contributed by atoms with Crippen LogP contribution in [-0.2, 0) is 0 Å². The Kier molecular flexibility index (Phi) is 5.83. The van der Waals surface area contributed by atoms with Gasteiger partial charge in [0.2, 0.25) is 0 Å². The first-order valence-electron chi connectivity index (χ1n) is 7.34. The first-order chi connectivity index (χ1) is 10.1.